The van der Waals surface area contributed by atoms with Crippen LogP contribution in [0.2, 0.25) is 0 Å². The maximum atomic E-state index is 12.4. The summed E-state index contributed by atoms with van der Waals surface area (Å²) in [7, 11) is 2.20. The molecular weight excluding hydrogens is 262 g/mol. The van der Waals surface area contributed by atoms with E-state index < -0.39 is 0 Å². The van der Waals surface area contributed by atoms with E-state index in [1.54, 1.807) is 0 Å². The molecule has 0 aliphatic heterocycles. The maximum absolute atomic E-state index is 12.4. The Bertz CT molecular complexity index is 412. The summed E-state index contributed by atoms with van der Waals surface area (Å²) in [4.78, 5) is 12.4. The van der Waals surface area contributed by atoms with Gasteiger partial charge in [-0.2, -0.15) is 0 Å². The molecule has 21 heavy (non-hydrogen) atoms. The van der Waals surface area contributed by atoms with Gasteiger partial charge in [-0.15, -0.1) is 0 Å². The van der Waals surface area contributed by atoms with Crippen LogP contribution in [-0.4, -0.2) is 43.7 Å². The molecule has 0 saturated heterocycles. The number of hydrogen-bond donors (Lipinski definition) is 0. The molecule has 1 aromatic rings. The SMILES string of the molecule is CCCC(C(=O)OCC[N+](C)(CC)CC)c1ccccc1. The number of esters is 1. The zero-order valence-corrected chi connectivity index (χ0v) is 14.0. The molecule has 0 aliphatic carbocycles. The lowest BCUT2D eigenvalue weighted by atomic mass is 9.95. The fraction of sp³-hybridized carbons (Fsp3) is 0.611. The maximum Gasteiger partial charge on any atom is 0.313 e. The molecule has 0 amide bonds. The number of carbonyl (C=O) groups is 1. The minimum atomic E-state index is -0.127. The molecule has 0 fully saturated rings. The van der Waals surface area contributed by atoms with E-state index in [0.717, 1.165) is 42.5 Å². The van der Waals surface area contributed by atoms with Gasteiger partial charge in [-0.05, 0) is 25.8 Å². The Labute approximate surface area is 129 Å². The molecule has 3 heteroatoms. The average Bonchev–Trinajstić information content (AvgIpc) is 2.53. The van der Waals surface area contributed by atoms with Crippen molar-refractivity contribution in [3.8, 4) is 0 Å². The van der Waals surface area contributed by atoms with Crippen LogP contribution in [0, 0.1) is 0 Å². The normalized spacial score (nSPS) is 13.0. The summed E-state index contributed by atoms with van der Waals surface area (Å²) < 4.78 is 6.50. The fourth-order valence-electron chi connectivity index (χ4n) is 2.40. The summed E-state index contributed by atoms with van der Waals surface area (Å²) in [5, 5.41) is 0. The minimum absolute atomic E-state index is 0.0817. The van der Waals surface area contributed by atoms with Crippen LogP contribution in [0.15, 0.2) is 30.3 Å². The van der Waals surface area contributed by atoms with E-state index in [-0.39, 0.29) is 11.9 Å². The van der Waals surface area contributed by atoms with Crippen molar-refractivity contribution in [2.24, 2.45) is 0 Å². The molecule has 0 heterocycles. The monoisotopic (exact) mass is 292 g/mol. The van der Waals surface area contributed by atoms with Crippen molar-refractivity contribution in [3.05, 3.63) is 35.9 Å². The van der Waals surface area contributed by atoms with Crippen molar-refractivity contribution in [1.82, 2.24) is 0 Å². The van der Waals surface area contributed by atoms with Crippen molar-refractivity contribution in [1.29, 1.82) is 0 Å². The van der Waals surface area contributed by atoms with Crippen LogP contribution in [0.5, 0.6) is 0 Å². The summed E-state index contributed by atoms with van der Waals surface area (Å²) in [6.45, 7) is 9.96. The van der Waals surface area contributed by atoms with Crippen LogP contribution < -0.4 is 0 Å². The van der Waals surface area contributed by atoms with Gasteiger partial charge in [0.2, 0.25) is 0 Å². The molecule has 0 N–H and O–H groups in total. The van der Waals surface area contributed by atoms with Gasteiger partial charge in [0, 0.05) is 0 Å². The second-order valence-electron chi connectivity index (χ2n) is 5.90. The van der Waals surface area contributed by atoms with E-state index in [4.69, 9.17) is 4.74 Å². The number of likely N-dealkylation sites (N-methyl/N-ethyl adjacent to an activating group) is 1. The average molecular weight is 292 g/mol. The molecule has 1 rings (SSSR count). The van der Waals surface area contributed by atoms with Crippen LogP contribution >= 0.6 is 0 Å². The summed E-state index contributed by atoms with van der Waals surface area (Å²) in [6, 6.07) is 9.96. The van der Waals surface area contributed by atoms with Gasteiger partial charge in [-0.25, -0.2) is 0 Å². The van der Waals surface area contributed by atoms with E-state index in [2.05, 4.69) is 27.8 Å². The second kappa shape index (κ2) is 8.83. The van der Waals surface area contributed by atoms with Crippen molar-refractivity contribution in [3.63, 3.8) is 0 Å². The predicted molar refractivity (Wildman–Crippen MR) is 87.2 cm³/mol. The van der Waals surface area contributed by atoms with Crippen LogP contribution in [0.4, 0.5) is 0 Å². The summed E-state index contributed by atoms with van der Waals surface area (Å²) in [6.07, 6.45) is 1.82. The van der Waals surface area contributed by atoms with Crippen LogP contribution in [0.3, 0.4) is 0 Å². The molecule has 0 saturated carbocycles. The minimum Gasteiger partial charge on any atom is -0.459 e. The summed E-state index contributed by atoms with van der Waals surface area (Å²) >= 11 is 0. The van der Waals surface area contributed by atoms with Gasteiger partial charge < -0.3 is 9.22 Å². The quantitative estimate of drug-likeness (QED) is 0.513. The van der Waals surface area contributed by atoms with Crippen LogP contribution in [-0.2, 0) is 9.53 Å². The topological polar surface area (TPSA) is 26.3 Å². The lowest BCUT2D eigenvalue weighted by Crippen LogP contribution is -2.46. The van der Waals surface area contributed by atoms with E-state index in [0.29, 0.717) is 6.61 Å². The lowest BCUT2D eigenvalue weighted by molar-refractivity contribution is -0.906. The lowest BCUT2D eigenvalue weighted by Gasteiger charge is -2.31. The number of rotatable bonds is 9. The molecule has 0 aliphatic rings. The summed E-state index contributed by atoms with van der Waals surface area (Å²) in [5.41, 5.74) is 1.06. The van der Waals surface area contributed by atoms with E-state index >= 15 is 0 Å². The van der Waals surface area contributed by atoms with E-state index in [1.807, 2.05) is 30.3 Å². The number of benzene rings is 1. The first-order chi connectivity index (χ1) is 10.1. The Kier molecular flexibility index (Phi) is 7.44. The smallest absolute Gasteiger partial charge is 0.313 e. The highest BCUT2D eigenvalue weighted by Gasteiger charge is 2.23. The predicted octanol–water partition coefficient (Wildman–Crippen LogP) is 3.60. The molecule has 0 bridgehead atoms. The highest BCUT2D eigenvalue weighted by molar-refractivity contribution is 5.78. The molecule has 118 valence electrons. The molecule has 0 aromatic heterocycles. The number of hydrogen-bond acceptors (Lipinski definition) is 2. The van der Waals surface area contributed by atoms with Crippen LogP contribution in [0.1, 0.15) is 45.1 Å². The third-order valence-electron chi connectivity index (χ3n) is 4.47. The molecule has 1 aromatic carbocycles. The third-order valence-corrected chi connectivity index (χ3v) is 4.47. The van der Waals surface area contributed by atoms with Crippen molar-refractivity contribution in [2.75, 3.05) is 33.3 Å². The van der Waals surface area contributed by atoms with Gasteiger partial charge in [0.1, 0.15) is 13.2 Å². The van der Waals surface area contributed by atoms with Gasteiger partial charge in [-0.3, -0.25) is 4.79 Å². The Balaban J connectivity index is 2.59. The Hall–Kier alpha value is -1.35. The molecule has 1 unspecified atom stereocenters. The van der Waals surface area contributed by atoms with Crippen molar-refractivity contribution in [2.45, 2.75) is 39.5 Å². The molecule has 0 radical (unpaired) electrons. The first kappa shape index (κ1) is 17.7. The number of carbonyl (C=O) groups excluding carboxylic acids is 1. The zero-order chi connectivity index (χ0) is 15.7. The van der Waals surface area contributed by atoms with E-state index in [9.17, 15) is 4.79 Å². The Morgan fingerprint density at radius 1 is 1.14 bits per heavy atom. The van der Waals surface area contributed by atoms with Gasteiger partial charge >= 0.3 is 5.97 Å². The first-order valence-corrected chi connectivity index (χ1v) is 8.11. The second-order valence-corrected chi connectivity index (χ2v) is 5.90. The molecular formula is C18H30NO2+. The molecule has 3 nitrogen and oxygen atoms in total. The third kappa shape index (κ3) is 5.50. The highest BCUT2D eigenvalue weighted by Crippen LogP contribution is 2.22. The summed E-state index contributed by atoms with van der Waals surface area (Å²) in [5.74, 6) is -0.208. The van der Waals surface area contributed by atoms with E-state index in [1.165, 1.54) is 0 Å². The van der Waals surface area contributed by atoms with Gasteiger partial charge in [0.25, 0.3) is 0 Å². The number of ether oxygens (including phenoxy) is 1. The Morgan fingerprint density at radius 2 is 1.76 bits per heavy atom. The van der Waals surface area contributed by atoms with Gasteiger partial charge in [0.15, 0.2) is 0 Å². The highest BCUT2D eigenvalue weighted by atomic mass is 16.5. The van der Waals surface area contributed by atoms with Crippen LogP contribution in [0.25, 0.3) is 0 Å². The van der Waals surface area contributed by atoms with Gasteiger partial charge in [-0.1, -0.05) is 43.7 Å². The Morgan fingerprint density at radius 3 is 2.29 bits per heavy atom. The fourth-order valence-corrected chi connectivity index (χ4v) is 2.40. The number of nitrogens with zero attached hydrogens (tertiary/aromatic N) is 1. The number of quaternary nitrogens is 1. The van der Waals surface area contributed by atoms with Crippen molar-refractivity contribution < 1.29 is 14.0 Å². The van der Waals surface area contributed by atoms with Gasteiger partial charge in [0.05, 0.1) is 26.1 Å². The zero-order valence-electron chi connectivity index (χ0n) is 14.0. The largest absolute Gasteiger partial charge is 0.459 e. The molecule has 1 atom stereocenters. The van der Waals surface area contributed by atoms with Crippen molar-refractivity contribution >= 4 is 5.97 Å². The first-order valence-electron chi connectivity index (χ1n) is 8.11. The standard InChI is InChI=1S/C18H30NO2/c1-5-11-17(16-12-9-8-10-13-16)18(20)21-15-14-19(4,6-2)7-3/h8-10,12-13,17H,5-7,11,14-15H2,1-4H3/q+1. The molecule has 0 spiro atoms.